The summed E-state index contributed by atoms with van der Waals surface area (Å²) in [5, 5.41) is 5.12. The first kappa shape index (κ1) is 35.5. The molecule has 1 aliphatic rings. The normalized spacial score (nSPS) is 14.1. The summed E-state index contributed by atoms with van der Waals surface area (Å²) in [7, 11) is 0. The molecule has 8 aromatic carbocycles. The van der Waals surface area contributed by atoms with Gasteiger partial charge in [0.25, 0.3) is 0 Å². The molecule has 10 aromatic rings. The van der Waals surface area contributed by atoms with Gasteiger partial charge < -0.3 is 9.13 Å². The molecule has 0 spiro atoms. The van der Waals surface area contributed by atoms with Crippen molar-refractivity contribution >= 4 is 43.6 Å². The van der Waals surface area contributed by atoms with Crippen molar-refractivity contribution in [1.29, 1.82) is 0 Å². The van der Waals surface area contributed by atoms with Gasteiger partial charge in [0, 0.05) is 38.8 Å². The summed E-state index contributed by atoms with van der Waals surface area (Å²) in [5.41, 5.74) is 19.2. The quantitative estimate of drug-likeness (QED) is 0.169. The molecule has 286 valence electrons. The highest BCUT2D eigenvalue weighted by Crippen LogP contribution is 2.49. The van der Waals surface area contributed by atoms with Crippen molar-refractivity contribution in [2.24, 2.45) is 0 Å². The Morgan fingerprint density at radius 1 is 0.356 bits per heavy atom. The largest absolute Gasteiger partial charge is 0.309 e. The fraction of sp³-hybridized carbons (Fsp3) is 0.158. The predicted octanol–water partition coefficient (Wildman–Crippen LogP) is 15.3. The van der Waals surface area contributed by atoms with Gasteiger partial charge in [-0.1, -0.05) is 151 Å². The van der Waals surface area contributed by atoms with E-state index in [-0.39, 0.29) is 16.7 Å². The molecule has 0 bridgehead atoms. The van der Waals surface area contributed by atoms with Gasteiger partial charge in [-0.15, -0.1) is 0 Å². The van der Waals surface area contributed by atoms with Gasteiger partial charge in [0.1, 0.15) is 0 Å². The van der Waals surface area contributed by atoms with E-state index >= 15 is 0 Å². The third kappa shape index (κ3) is 5.61. The molecular weight excluding hydrogens is 713 g/mol. The van der Waals surface area contributed by atoms with Crippen LogP contribution in [0.4, 0.5) is 0 Å². The highest BCUT2D eigenvalue weighted by Gasteiger charge is 2.30. The Balaban J connectivity index is 1.14. The number of nitrogens with zero attached hydrogens (tertiary/aromatic N) is 2. The summed E-state index contributed by atoms with van der Waals surface area (Å²) < 4.78 is 4.94. The predicted molar refractivity (Wildman–Crippen MR) is 251 cm³/mol. The standard InChI is InChI=1S/C57H48N2/c1-56(2,3)39-23-29-52-48(33-39)45-26-21-38(37-22-28-51-47(31-37)49-34-40(57(4,5)6)24-30-53(49)58(51)41-17-11-8-12-18-41)32-54(45)59(52)42-25-27-44-43-19-13-14-20-46(43)55(50(44)35-42)36-15-9-7-10-16-36/h7-35,55H,1-6H3. The summed E-state index contributed by atoms with van der Waals surface area (Å²) in [6.07, 6.45) is 0. The van der Waals surface area contributed by atoms with E-state index in [0.29, 0.717) is 0 Å². The van der Waals surface area contributed by atoms with Crippen LogP contribution in [0.25, 0.3) is 77.2 Å². The van der Waals surface area contributed by atoms with E-state index in [9.17, 15) is 0 Å². The Labute approximate surface area is 347 Å². The molecule has 2 aromatic heterocycles. The first-order valence-corrected chi connectivity index (χ1v) is 21.0. The average molecular weight is 761 g/mol. The lowest BCUT2D eigenvalue weighted by Gasteiger charge is -2.19. The Bertz CT molecular complexity index is 3270. The van der Waals surface area contributed by atoms with Crippen molar-refractivity contribution in [1.82, 2.24) is 9.13 Å². The van der Waals surface area contributed by atoms with E-state index in [1.165, 1.54) is 105 Å². The minimum atomic E-state index is 0.0337. The van der Waals surface area contributed by atoms with Crippen LogP contribution in [0.15, 0.2) is 176 Å². The molecule has 0 aliphatic heterocycles. The second kappa shape index (κ2) is 12.9. The molecule has 1 atom stereocenters. The number of hydrogen-bond acceptors (Lipinski definition) is 0. The van der Waals surface area contributed by atoms with Gasteiger partial charge in [-0.05, 0) is 128 Å². The molecule has 0 amide bonds. The van der Waals surface area contributed by atoms with Crippen LogP contribution in [-0.2, 0) is 10.8 Å². The third-order valence-electron chi connectivity index (χ3n) is 12.9. The average Bonchev–Trinajstić information content (AvgIpc) is 3.87. The zero-order valence-corrected chi connectivity index (χ0v) is 34.7. The second-order valence-electron chi connectivity index (χ2n) is 18.6. The highest BCUT2D eigenvalue weighted by atomic mass is 15.0. The molecule has 2 heterocycles. The van der Waals surface area contributed by atoms with Crippen LogP contribution in [0.3, 0.4) is 0 Å². The van der Waals surface area contributed by atoms with Gasteiger partial charge in [0.15, 0.2) is 0 Å². The molecule has 2 heteroatoms. The number of fused-ring (bicyclic) bond motifs is 9. The van der Waals surface area contributed by atoms with Crippen molar-refractivity contribution in [2.75, 3.05) is 0 Å². The maximum Gasteiger partial charge on any atom is 0.0547 e. The Morgan fingerprint density at radius 3 is 1.56 bits per heavy atom. The van der Waals surface area contributed by atoms with Crippen molar-refractivity contribution < 1.29 is 0 Å². The van der Waals surface area contributed by atoms with Crippen LogP contribution >= 0.6 is 0 Å². The van der Waals surface area contributed by atoms with Crippen LogP contribution in [-0.4, -0.2) is 9.13 Å². The number of benzene rings is 8. The topological polar surface area (TPSA) is 9.86 Å². The second-order valence-corrected chi connectivity index (χ2v) is 18.6. The third-order valence-corrected chi connectivity index (χ3v) is 12.9. The number of para-hydroxylation sites is 1. The zero-order valence-electron chi connectivity index (χ0n) is 34.7. The maximum absolute atomic E-state index is 2.52. The minimum Gasteiger partial charge on any atom is -0.309 e. The first-order chi connectivity index (χ1) is 28.5. The zero-order chi connectivity index (χ0) is 40.2. The summed E-state index contributed by atoms with van der Waals surface area (Å²) >= 11 is 0. The van der Waals surface area contributed by atoms with E-state index in [2.05, 4.69) is 227 Å². The Kier molecular flexibility index (Phi) is 7.79. The molecule has 0 fully saturated rings. The molecule has 11 rings (SSSR count). The molecule has 0 saturated carbocycles. The molecule has 1 aliphatic carbocycles. The van der Waals surface area contributed by atoms with Crippen LogP contribution in [0.2, 0.25) is 0 Å². The molecular formula is C57H48N2. The van der Waals surface area contributed by atoms with Crippen molar-refractivity contribution in [2.45, 2.75) is 58.3 Å². The van der Waals surface area contributed by atoms with Gasteiger partial charge in [0.05, 0.1) is 22.1 Å². The summed E-state index contributed by atoms with van der Waals surface area (Å²) in [6.45, 7) is 13.8. The van der Waals surface area contributed by atoms with Crippen molar-refractivity contribution in [3.8, 4) is 33.6 Å². The molecule has 2 nitrogen and oxygen atoms in total. The minimum absolute atomic E-state index is 0.0337. The van der Waals surface area contributed by atoms with Crippen LogP contribution in [0, 0.1) is 0 Å². The lowest BCUT2D eigenvalue weighted by molar-refractivity contribution is 0.591. The number of rotatable bonds is 4. The van der Waals surface area contributed by atoms with Crippen molar-refractivity contribution in [3.05, 3.63) is 204 Å². The molecule has 59 heavy (non-hydrogen) atoms. The van der Waals surface area contributed by atoms with Gasteiger partial charge >= 0.3 is 0 Å². The van der Waals surface area contributed by atoms with E-state index < -0.39 is 0 Å². The van der Waals surface area contributed by atoms with E-state index in [4.69, 9.17) is 0 Å². The molecule has 0 saturated heterocycles. The highest BCUT2D eigenvalue weighted by molar-refractivity contribution is 6.13. The monoisotopic (exact) mass is 760 g/mol. The SMILES string of the molecule is CC(C)(C)c1ccc2c(c1)c1cc(-c3ccc4c5cc(C(C)(C)C)ccc5n(-c5ccc6c(c5)C(c5ccccc5)c5ccccc5-6)c4c3)ccc1n2-c1ccccc1. The van der Waals surface area contributed by atoms with Gasteiger partial charge in [0.2, 0.25) is 0 Å². The Morgan fingerprint density at radius 2 is 0.881 bits per heavy atom. The van der Waals surface area contributed by atoms with Gasteiger partial charge in [-0.3, -0.25) is 0 Å². The van der Waals surface area contributed by atoms with E-state index in [0.717, 1.165) is 0 Å². The van der Waals surface area contributed by atoms with E-state index in [1.54, 1.807) is 0 Å². The van der Waals surface area contributed by atoms with Crippen LogP contribution < -0.4 is 0 Å². The lowest BCUT2D eigenvalue weighted by atomic mass is 9.86. The van der Waals surface area contributed by atoms with Crippen LogP contribution in [0.5, 0.6) is 0 Å². The molecule has 1 unspecified atom stereocenters. The number of aromatic nitrogens is 2. The smallest absolute Gasteiger partial charge is 0.0547 e. The molecule has 0 N–H and O–H groups in total. The summed E-state index contributed by atoms with van der Waals surface area (Å²) in [6, 6.07) is 66.2. The fourth-order valence-electron chi connectivity index (χ4n) is 9.81. The summed E-state index contributed by atoms with van der Waals surface area (Å²) in [5.74, 6) is 0.182. The van der Waals surface area contributed by atoms with Crippen LogP contribution in [0.1, 0.15) is 75.3 Å². The molecule has 0 radical (unpaired) electrons. The Hall–Kier alpha value is -6.64. The van der Waals surface area contributed by atoms with E-state index in [1.807, 2.05) is 0 Å². The number of hydrogen-bond donors (Lipinski definition) is 0. The first-order valence-electron chi connectivity index (χ1n) is 21.0. The van der Waals surface area contributed by atoms with Gasteiger partial charge in [-0.25, -0.2) is 0 Å². The maximum atomic E-state index is 2.52. The van der Waals surface area contributed by atoms with Gasteiger partial charge in [-0.2, -0.15) is 0 Å². The lowest BCUT2D eigenvalue weighted by Crippen LogP contribution is -2.10. The fourth-order valence-corrected chi connectivity index (χ4v) is 9.81. The summed E-state index contributed by atoms with van der Waals surface area (Å²) in [4.78, 5) is 0. The van der Waals surface area contributed by atoms with Crippen molar-refractivity contribution in [3.63, 3.8) is 0 Å².